The quantitative estimate of drug-likeness (QED) is 0.129. The van der Waals surface area contributed by atoms with Gasteiger partial charge in [0.1, 0.15) is 4.93 Å². The third-order valence-corrected chi connectivity index (χ3v) is 24.4. The van der Waals surface area contributed by atoms with E-state index in [-0.39, 0.29) is 10.4 Å². The van der Waals surface area contributed by atoms with E-state index in [2.05, 4.69) is 155 Å². The zero-order valence-corrected chi connectivity index (χ0v) is 33.0. The molecule has 0 aliphatic heterocycles. The first kappa shape index (κ1) is 35.7. The topological polar surface area (TPSA) is 27.7 Å². The Bertz CT molecular complexity index is 1040. The molecule has 8 heteroatoms. The zero-order chi connectivity index (χ0) is 30.8. The van der Waals surface area contributed by atoms with Crippen LogP contribution in [0.5, 0.6) is 0 Å². The first-order valence-corrected chi connectivity index (χ1v) is 26.5. The molecular weight excluding hydrogens is 577 g/mol. The van der Waals surface area contributed by atoms with Crippen molar-refractivity contribution in [1.82, 2.24) is 0 Å². The summed E-state index contributed by atoms with van der Waals surface area (Å²) < 4.78 is 22.0. The highest BCUT2D eigenvalue weighted by Crippen LogP contribution is 2.56. The van der Waals surface area contributed by atoms with Gasteiger partial charge in [-0.05, 0) is 77.1 Å². The second-order valence-electron chi connectivity index (χ2n) is 14.6. The molecule has 2 aromatic carbocycles. The van der Waals surface area contributed by atoms with E-state index >= 15 is 0 Å². The van der Waals surface area contributed by atoms with Gasteiger partial charge in [0.05, 0.1) is 13.3 Å². The number of hydrogen-bond acceptors (Lipinski definition) is 4. The number of benzene rings is 2. The molecule has 0 heterocycles. The van der Waals surface area contributed by atoms with Crippen LogP contribution in [0.2, 0.25) is 50.9 Å². The van der Waals surface area contributed by atoms with Gasteiger partial charge in [-0.25, -0.2) is 0 Å². The van der Waals surface area contributed by atoms with E-state index in [1.54, 1.807) is 0 Å². The Morgan fingerprint density at radius 2 is 1.12 bits per heavy atom. The monoisotopic (exact) mass is 634 g/mol. The van der Waals surface area contributed by atoms with Crippen molar-refractivity contribution in [3.63, 3.8) is 0 Å². The first-order chi connectivity index (χ1) is 18.1. The average molecular weight is 635 g/mol. The Kier molecular flexibility index (Phi) is 11.3. The molecule has 0 spiro atoms. The average Bonchev–Trinajstić information content (AvgIpc) is 2.85. The van der Waals surface area contributed by atoms with Crippen molar-refractivity contribution in [2.24, 2.45) is 0 Å². The van der Waals surface area contributed by atoms with Crippen LogP contribution < -0.4 is 10.4 Å². The first-order valence-electron chi connectivity index (χ1n) is 15.0. The molecule has 4 atom stereocenters. The molecule has 0 radical (unpaired) electrons. The van der Waals surface area contributed by atoms with Gasteiger partial charge < -0.3 is 13.3 Å². The Balaban J connectivity index is 2.90. The van der Waals surface area contributed by atoms with Crippen LogP contribution in [-0.4, -0.2) is 49.1 Å². The Hall–Kier alpha value is -0.462. The van der Waals surface area contributed by atoms with Gasteiger partial charge in [0.25, 0.3) is 8.32 Å². The summed E-state index contributed by atoms with van der Waals surface area (Å²) in [7, 11) is -8.49. The van der Waals surface area contributed by atoms with Gasteiger partial charge in [-0.15, -0.1) is 12.6 Å². The van der Waals surface area contributed by atoms with E-state index < -0.39 is 43.7 Å². The highest BCUT2D eigenvalue weighted by molar-refractivity contribution is 7.81. The van der Waals surface area contributed by atoms with Crippen LogP contribution in [0.1, 0.15) is 61.3 Å². The minimum Gasteiger partial charge on any atom is -0.413 e. The van der Waals surface area contributed by atoms with Crippen molar-refractivity contribution in [2.75, 3.05) is 0 Å². The van der Waals surface area contributed by atoms with Crippen LogP contribution in [0, 0.1) is 0 Å². The van der Waals surface area contributed by atoms with E-state index in [1.165, 1.54) is 10.4 Å². The third kappa shape index (κ3) is 7.18. The molecule has 0 amide bonds. The maximum atomic E-state index is 7.84. The van der Waals surface area contributed by atoms with Crippen molar-refractivity contribution >= 4 is 56.8 Å². The highest BCUT2D eigenvalue weighted by Gasteiger charge is 2.65. The predicted octanol–water partition coefficient (Wildman–Crippen LogP) is 8.16. The molecule has 0 aromatic heterocycles. The van der Waals surface area contributed by atoms with E-state index in [4.69, 9.17) is 25.9 Å². The van der Waals surface area contributed by atoms with Gasteiger partial charge in [-0.2, -0.15) is 0 Å². The fourth-order valence-electron chi connectivity index (χ4n) is 5.56. The van der Waals surface area contributed by atoms with Crippen LogP contribution in [0.15, 0.2) is 60.7 Å². The summed E-state index contributed by atoms with van der Waals surface area (Å²) in [5.74, 6) is 0. The Morgan fingerprint density at radius 1 is 0.700 bits per heavy atom. The third-order valence-electron chi connectivity index (χ3n) is 9.59. The van der Waals surface area contributed by atoms with Gasteiger partial charge in [0, 0.05) is 10.3 Å². The summed E-state index contributed by atoms with van der Waals surface area (Å²) in [6, 6.07) is 22.0. The summed E-state index contributed by atoms with van der Waals surface area (Å²) >= 11 is 5.52. The van der Waals surface area contributed by atoms with Crippen LogP contribution in [0.25, 0.3) is 0 Å². The smallest absolute Gasteiger partial charge is 0.265 e. The second-order valence-corrected chi connectivity index (χ2v) is 32.1. The molecule has 0 N–H and O–H groups in total. The summed E-state index contributed by atoms with van der Waals surface area (Å²) in [5.41, 5.74) is 0. The zero-order valence-electron chi connectivity index (χ0n) is 27.9. The fourth-order valence-corrected chi connectivity index (χ4v) is 18.9. The van der Waals surface area contributed by atoms with E-state index in [9.17, 15) is 0 Å². The molecule has 0 bridgehead atoms. The second kappa shape index (κ2) is 12.6. The Morgan fingerprint density at radius 3 is 1.45 bits per heavy atom. The molecule has 0 saturated carbocycles. The Labute approximate surface area is 257 Å². The minimum absolute atomic E-state index is 0.273. The lowest BCUT2D eigenvalue weighted by molar-refractivity contribution is 0.0655. The molecule has 4 unspecified atom stereocenters. The summed E-state index contributed by atoms with van der Waals surface area (Å²) in [6.07, 6.45) is 1.79. The van der Waals surface area contributed by atoms with Gasteiger partial charge in [0.2, 0.25) is 9.04 Å². The molecule has 40 heavy (non-hydrogen) atoms. The van der Waals surface area contributed by atoms with Crippen LogP contribution in [0.4, 0.5) is 0 Å². The molecule has 2 aromatic rings. The molecule has 226 valence electrons. The standard InChI is InChI=1S/C32H58O3SSi4/c1-15-30(5,32(7,36)33-37(8)31(6,16-2)35-39(12,13)14)40(27-23-19-17-20-24-27,28-25-21-18-22-26-28)34-29(3,4)38(9,10)11/h17-26,36-37H,15-16H2,1-14H3. The van der Waals surface area contributed by atoms with Crippen molar-refractivity contribution in [2.45, 2.75) is 128 Å². The molecule has 0 aliphatic carbocycles. The maximum absolute atomic E-state index is 7.84. The normalized spacial score (nSPS) is 18.9. The molecular formula is C32H58O3SSi4. The number of hydrogen-bond donors (Lipinski definition) is 1. The largest absolute Gasteiger partial charge is 0.413 e. The fraction of sp³-hybridized carbons (Fsp3) is 0.625. The number of rotatable bonds is 14. The summed E-state index contributed by atoms with van der Waals surface area (Å²) in [5, 5.41) is 1.56. The van der Waals surface area contributed by atoms with Gasteiger partial charge >= 0.3 is 0 Å². The molecule has 0 fully saturated rings. The molecule has 0 saturated heterocycles. The van der Waals surface area contributed by atoms with Gasteiger partial charge in [-0.3, -0.25) is 0 Å². The molecule has 3 nitrogen and oxygen atoms in total. The van der Waals surface area contributed by atoms with Crippen LogP contribution >= 0.6 is 12.6 Å². The predicted molar refractivity (Wildman–Crippen MR) is 190 cm³/mol. The van der Waals surface area contributed by atoms with E-state index in [1.807, 2.05) is 0 Å². The van der Waals surface area contributed by atoms with E-state index in [0.29, 0.717) is 0 Å². The highest BCUT2D eigenvalue weighted by atomic mass is 32.1. The lowest BCUT2D eigenvalue weighted by Crippen LogP contribution is -2.76. The van der Waals surface area contributed by atoms with Crippen molar-refractivity contribution in [1.29, 1.82) is 0 Å². The van der Waals surface area contributed by atoms with Crippen molar-refractivity contribution in [3.8, 4) is 0 Å². The summed E-state index contributed by atoms with van der Waals surface area (Å²) in [4.78, 5) is -0.764. The lowest BCUT2D eigenvalue weighted by Gasteiger charge is -2.58. The van der Waals surface area contributed by atoms with Crippen LogP contribution in [0.3, 0.4) is 0 Å². The number of thiol groups is 1. The lowest BCUT2D eigenvalue weighted by atomic mass is 10.0. The van der Waals surface area contributed by atoms with Crippen molar-refractivity contribution < 1.29 is 13.3 Å². The summed E-state index contributed by atoms with van der Waals surface area (Å²) in [6.45, 7) is 32.4. The van der Waals surface area contributed by atoms with Gasteiger partial charge in [-0.1, -0.05) is 101 Å². The van der Waals surface area contributed by atoms with Crippen molar-refractivity contribution in [3.05, 3.63) is 60.7 Å². The molecule has 2 rings (SSSR count). The maximum Gasteiger partial charge on any atom is 0.265 e. The van der Waals surface area contributed by atoms with E-state index in [0.717, 1.165) is 12.8 Å². The minimum atomic E-state index is -3.04. The van der Waals surface area contributed by atoms with Crippen LogP contribution in [-0.2, 0) is 13.3 Å². The van der Waals surface area contributed by atoms with Gasteiger partial charge in [0.15, 0.2) is 8.32 Å². The SMILES string of the molecule is CCC(C)(O[Si](C)(C)C)[SiH](C)OC(C)(S)C(C)(CC)[Si](OC(C)(C)[Si](C)(C)C)(c1ccccc1)c1ccccc1. The molecule has 0 aliphatic rings.